The number of hydrogen-bond acceptors (Lipinski definition) is 2. The van der Waals surface area contributed by atoms with Gasteiger partial charge >= 0.3 is 0 Å². The normalized spacial score (nSPS) is 11.0. The molecular weight excluding hydrogens is 207 g/mol. The fourth-order valence-electron chi connectivity index (χ4n) is 1.63. The van der Waals surface area contributed by atoms with Gasteiger partial charge in [-0.1, -0.05) is 0 Å². The Hall–Kier alpha value is -1.84. The van der Waals surface area contributed by atoms with E-state index >= 15 is 0 Å². The van der Waals surface area contributed by atoms with Crippen molar-refractivity contribution in [1.82, 2.24) is 9.78 Å². The average Bonchev–Trinajstić information content (AvgIpc) is 2.62. The Balaban J connectivity index is 2.54. The van der Waals surface area contributed by atoms with Crippen molar-refractivity contribution in [2.45, 2.75) is 19.9 Å². The Bertz CT molecular complexity index is 488. The van der Waals surface area contributed by atoms with Crippen molar-refractivity contribution in [3.8, 4) is 17.0 Å². The Morgan fingerprint density at radius 3 is 2.44 bits per heavy atom. The Labute approximate surface area is 93.2 Å². The highest BCUT2D eigenvalue weighted by atomic mass is 19.1. The molecule has 1 N–H and O–H groups in total. The van der Waals surface area contributed by atoms with Gasteiger partial charge < -0.3 is 5.11 Å². The molecule has 0 unspecified atom stereocenters. The molecule has 1 heterocycles. The van der Waals surface area contributed by atoms with Crippen LogP contribution in [0.25, 0.3) is 11.3 Å². The summed E-state index contributed by atoms with van der Waals surface area (Å²) in [5, 5.41) is 13.8. The van der Waals surface area contributed by atoms with Gasteiger partial charge in [-0.25, -0.2) is 4.39 Å². The Morgan fingerprint density at radius 1 is 1.25 bits per heavy atom. The number of hydrogen-bond donors (Lipinski definition) is 1. The molecule has 0 aliphatic carbocycles. The first-order chi connectivity index (χ1) is 7.59. The van der Waals surface area contributed by atoms with Crippen LogP contribution in [0.1, 0.15) is 19.9 Å². The quantitative estimate of drug-likeness (QED) is 0.844. The van der Waals surface area contributed by atoms with Crippen molar-refractivity contribution in [2.24, 2.45) is 0 Å². The molecule has 0 fully saturated rings. The van der Waals surface area contributed by atoms with Gasteiger partial charge in [0.1, 0.15) is 11.5 Å². The minimum atomic E-state index is -0.293. The van der Waals surface area contributed by atoms with Gasteiger partial charge in [0.25, 0.3) is 0 Å². The molecule has 0 aliphatic heterocycles. The largest absolute Gasteiger partial charge is 0.504 e. The summed E-state index contributed by atoms with van der Waals surface area (Å²) in [6.07, 6.45) is 1.40. The summed E-state index contributed by atoms with van der Waals surface area (Å²) in [6.45, 7) is 3.94. The van der Waals surface area contributed by atoms with Crippen molar-refractivity contribution in [3.63, 3.8) is 0 Å². The molecule has 3 nitrogen and oxygen atoms in total. The lowest BCUT2D eigenvalue weighted by atomic mass is 10.1. The molecule has 84 valence electrons. The van der Waals surface area contributed by atoms with E-state index in [4.69, 9.17) is 0 Å². The second-order valence-electron chi connectivity index (χ2n) is 3.92. The molecule has 2 rings (SSSR count). The lowest BCUT2D eigenvalue weighted by Gasteiger charge is -2.11. The predicted octanol–water partition coefficient (Wildman–Crippen LogP) is 2.98. The molecule has 0 spiro atoms. The predicted molar refractivity (Wildman–Crippen MR) is 59.7 cm³/mol. The van der Waals surface area contributed by atoms with E-state index in [1.165, 1.54) is 18.3 Å². The Morgan fingerprint density at radius 2 is 1.88 bits per heavy atom. The summed E-state index contributed by atoms with van der Waals surface area (Å²) in [5.74, 6) is -0.181. The minimum Gasteiger partial charge on any atom is -0.504 e. The van der Waals surface area contributed by atoms with Gasteiger partial charge in [-0.2, -0.15) is 5.10 Å². The van der Waals surface area contributed by atoms with E-state index in [9.17, 15) is 9.50 Å². The number of aromatic nitrogens is 2. The van der Waals surface area contributed by atoms with Gasteiger partial charge in [0.05, 0.1) is 6.20 Å². The molecule has 16 heavy (non-hydrogen) atoms. The fraction of sp³-hybridized carbons (Fsp3) is 0.250. The van der Waals surface area contributed by atoms with Crippen LogP contribution in [0.3, 0.4) is 0 Å². The summed E-state index contributed by atoms with van der Waals surface area (Å²) >= 11 is 0. The van der Waals surface area contributed by atoms with E-state index in [1.54, 1.807) is 16.8 Å². The summed E-state index contributed by atoms with van der Waals surface area (Å²) in [6, 6.07) is 6.13. The maximum atomic E-state index is 12.8. The average molecular weight is 220 g/mol. The molecule has 1 aromatic carbocycles. The van der Waals surface area contributed by atoms with E-state index in [-0.39, 0.29) is 17.6 Å². The van der Waals surface area contributed by atoms with Gasteiger partial charge in [0, 0.05) is 11.6 Å². The highest BCUT2D eigenvalue weighted by Crippen LogP contribution is 2.30. The monoisotopic (exact) mass is 220 g/mol. The molecule has 0 radical (unpaired) electrons. The second-order valence-corrected chi connectivity index (χ2v) is 3.92. The van der Waals surface area contributed by atoms with E-state index in [1.807, 2.05) is 13.8 Å². The maximum Gasteiger partial charge on any atom is 0.161 e. The first-order valence-electron chi connectivity index (χ1n) is 5.12. The molecule has 0 amide bonds. The van der Waals surface area contributed by atoms with Gasteiger partial charge in [-0.15, -0.1) is 0 Å². The number of aromatic hydroxyl groups is 1. The summed E-state index contributed by atoms with van der Waals surface area (Å²) in [4.78, 5) is 0. The third-order valence-corrected chi connectivity index (χ3v) is 2.38. The Kier molecular flexibility index (Phi) is 2.64. The zero-order valence-electron chi connectivity index (χ0n) is 9.18. The molecule has 0 saturated carbocycles. The number of halogens is 1. The molecule has 4 heteroatoms. The third kappa shape index (κ3) is 1.78. The molecule has 2 aromatic rings. The number of benzene rings is 1. The third-order valence-electron chi connectivity index (χ3n) is 2.38. The van der Waals surface area contributed by atoms with Crippen molar-refractivity contribution < 1.29 is 9.50 Å². The SMILES string of the molecule is CC(C)n1ncc(O)c1-c1ccc(F)cc1. The van der Waals surface area contributed by atoms with Crippen molar-refractivity contribution in [2.75, 3.05) is 0 Å². The number of rotatable bonds is 2. The lowest BCUT2D eigenvalue weighted by Crippen LogP contribution is -2.04. The van der Waals surface area contributed by atoms with Crippen LogP contribution in [0.4, 0.5) is 4.39 Å². The van der Waals surface area contributed by atoms with Crippen LogP contribution < -0.4 is 0 Å². The molecule has 1 aromatic heterocycles. The second kappa shape index (κ2) is 3.96. The van der Waals surface area contributed by atoms with Crippen molar-refractivity contribution in [3.05, 3.63) is 36.3 Å². The topological polar surface area (TPSA) is 38.0 Å². The smallest absolute Gasteiger partial charge is 0.161 e. The van der Waals surface area contributed by atoms with Crippen LogP contribution in [-0.4, -0.2) is 14.9 Å². The first kappa shape index (κ1) is 10.7. The van der Waals surface area contributed by atoms with Crippen LogP contribution in [0.2, 0.25) is 0 Å². The van der Waals surface area contributed by atoms with Crippen LogP contribution in [0.5, 0.6) is 5.75 Å². The van der Waals surface area contributed by atoms with Crippen LogP contribution in [-0.2, 0) is 0 Å². The zero-order valence-corrected chi connectivity index (χ0v) is 9.18. The molecule has 0 atom stereocenters. The van der Waals surface area contributed by atoms with Crippen LogP contribution in [0, 0.1) is 5.82 Å². The van der Waals surface area contributed by atoms with E-state index < -0.39 is 0 Å². The van der Waals surface area contributed by atoms with E-state index in [0.29, 0.717) is 5.69 Å². The van der Waals surface area contributed by atoms with E-state index in [2.05, 4.69) is 5.10 Å². The van der Waals surface area contributed by atoms with Gasteiger partial charge in [0.15, 0.2) is 5.75 Å². The van der Waals surface area contributed by atoms with Crippen molar-refractivity contribution in [1.29, 1.82) is 0 Å². The van der Waals surface area contributed by atoms with Gasteiger partial charge in [-0.3, -0.25) is 4.68 Å². The van der Waals surface area contributed by atoms with Crippen LogP contribution in [0.15, 0.2) is 30.5 Å². The highest BCUT2D eigenvalue weighted by Gasteiger charge is 2.14. The first-order valence-corrected chi connectivity index (χ1v) is 5.12. The molecule has 0 bridgehead atoms. The summed E-state index contributed by atoms with van der Waals surface area (Å²) < 4.78 is 14.5. The molecule has 0 saturated heterocycles. The highest BCUT2D eigenvalue weighted by molar-refractivity contribution is 5.65. The summed E-state index contributed by atoms with van der Waals surface area (Å²) in [5.41, 5.74) is 1.38. The fourth-order valence-corrected chi connectivity index (χ4v) is 1.63. The van der Waals surface area contributed by atoms with Gasteiger partial charge in [-0.05, 0) is 38.1 Å². The van der Waals surface area contributed by atoms with Crippen molar-refractivity contribution >= 4 is 0 Å². The summed E-state index contributed by atoms with van der Waals surface area (Å²) in [7, 11) is 0. The minimum absolute atomic E-state index is 0.111. The zero-order chi connectivity index (χ0) is 11.7. The molecule has 0 aliphatic rings. The standard InChI is InChI=1S/C12H13FN2O/c1-8(2)15-12(11(16)7-14-15)9-3-5-10(13)6-4-9/h3-8,16H,1-2H3. The van der Waals surface area contributed by atoms with E-state index in [0.717, 1.165) is 5.56 Å². The lowest BCUT2D eigenvalue weighted by molar-refractivity contribution is 0.473. The van der Waals surface area contributed by atoms with Crippen LogP contribution >= 0.6 is 0 Å². The van der Waals surface area contributed by atoms with Gasteiger partial charge in [0.2, 0.25) is 0 Å². The molecular formula is C12H13FN2O. The number of nitrogens with zero attached hydrogens (tertiary/aromatic N) is 2. The maximum absolute atomic E-state index is 12.8.